The molecule has 0 radical (unpaired) electrons. The molecule has 0 aliphatic carbocycles. The Bertz CT molecular complexity index is 1610. The second kappa shape index (κ2) is 15.7. The van der Waals surface area contributed by atoms with Crippen molar-refractivity contribution in [2.75, 3.05) is 26.4 Å². The summed E-state index contributed by atoms with van der Waals surface area (Å²) in [6.07, 6.45) is 0. The molecule has 9 heteroatoms. The van der Waals surface area contributed by atoms with Gasteiger partial charge in [0.25, 0.3) is 0 Å². The van der Waals surface area contributed by atoms with Gasteiger partial charge in [0.05, 0.1) is 0 Å². The largest absolute Gasteiger partial charge is 2.00 e. The van der Waals surface area contributed by atoms with E-state index in [1.807, 2.05) is 72.8 Å². The van der Waals surface area contributed by atoms with Gasteiger partial charge in [0.1, 0.15) is 61.4 Å². The average Bonchev–Trinajstić information content (AvgIpc) is 4.01. The molecule has 4 aromatic rings. The van der Waals surface area contributed by atoms with E-state index in [2.05, 4.69) is 76.2 Å². The summed E-state index contributed by atoms with van der Waals surface area (Å²) in [6.45, 7) is 10.5. The summed E-state index contributed by atoms with van der Waals surface area (Å²) in [4.78, 5) is 19.2. The Morgan fingerprint density at radius 3 is 0.765 bits per heavy atom. The van der Waals surface area contributed by atoms with Crippen LogP contribution in [-0.2, 0) is 38.4 Å². The van der Waals surface area contributed by atoms with Crippen LogP contribution in [0, 0.1) is 10.8 Å². The molecule has 4 unspecified atom stereocenters. The molecule has 51 heavy (non-hydrogen) atoms. The first-order chi connectivity index (χ1) is 24.3. The summed E-state index contributed by atoms with van der Waals surface area (Å²) < 4.78 is 23.7. The van der Waals surface area contributed by atoms with Gasteiger partial charge in [-0.1, -0.05) is 121 Å². The van der Waals surface area contributed by atoms with Crippen molar-refractivity contribution in [2.24, 2.45) is 30.8 Å². The summed E-state index contributed by atoms with van der Waals surface area (Å²) in [7, 11) is 0. The third-order valence-electron chi connectivity index (χ3n) is 9.48. The summed E-state index contributed by atoms with van der Waals surface area (Å²) in [6, 6.07) is 41.2. The predicted molar refractivity (Wildman–Crippen MR) is 198 cm³/mol. The molecule has 0 bridgehead atoms. The van der Waals surface area contributed by atoms with Crippen LogP contribution in [0.4, 0.5) is 0 Å². The number of hydrogen-bond donors (Lipinski definition) is 0. The van der Waals surface area contributed by atoms with Crippen molar-refractivity contribution in [3.63, 3.8) is 0 Å². The van der Waals surface area contributed by atoms with Crippen LogP contribution in [0.15, 0.2) is 141 Å². The summed E-state index contributed by atoms with van der Waals surface area (Å²) in [5.41, 5.74) is 3.75. The van der Waals surface area contributed by atoms with E-state index in [9.17, 15) is 0 Å². The number of hydrogen-bond acceptors (Lipinski definition) is 8. The quantitative estimate of drug-likeness (QED) is 0.170. The van der Waals surface area contributed by atoms with Gasteiger partial charge in [-0.3, -0.25) is 0 Å². The van der Waals surface area contributed by atoms with Crippen LogP contribution in [0.5, 0.6) is 0 Å². The fourth-order valence-electron chi connectivity index (χ4n) is 6.43. The molecule has 0 saturated carbocycles. The van der Waals surface area contributed by atoms with Gasteiger partial charge >= 0.3 is 19.5 Å². The molecule has 0 saturated heterocycles. The van der Waals surface area contributed by atoms with E-state index < -0.39 is 10.8 Å². The van der Waals surface area contributed by atoms with E-state index in [-0.39, 0.29) is 43.6 Å². The van der Waals surface area contributed by atoms with Crippen LogP contribution >= 0.6 is 0 Å². The average molecular weight is 734 g/mol. The molecule has 4 aliphatic heterocycles. The Balaban J connectivity index is 0.000000172. The van der Waals surface area contributed by atoms with Crippen molar-refractivity contribution >= 4 is 23.6 Å². The fourth-order valence-corrected chi connectivity index (χ4v) is 6.43. The van der Waals surface area contributed by atoms with E-state index in [0.29, 0.717) is 50.0 Å². The van der Waals surface area contributed by atoms with Crippen LogP contribution in [0.2, 0.25) is 0 Å². The van der Waals surface area contributed by atoms with Crippen LogP contribution < -0.4 is 0 Å². The number of ether oxygens (including phenoxy) is 4. The van der Waals surface area contributed by atoms with E-state index in [0.717, 1.165) is 0 Å². The minimum absolute atomic E-state index is 0. The van der Waals surface area contributed by atoms with Gasteiger partial charge in [-0.15, -0.1) is 0 Å². The number of rotatable bonds is 8. The molecule has 0 fully saturated rings. The van der Waals surface area contributed by atoms with Gasteiger partial charge < -0.3 is 18.9 Å². The van der Waals surface area contributed by atoms with E-state index in [1.54, 1.807) is 0 Å². The van der Waals surface area contributed by atoms with E-state index in [1.165, 1.54) is 22.3 Å². The summed E-state index contributed by atoms with van der Waals surface area (Å²) in [5.74, 6) is 2.81. The minimum atomic E-state index is -0.465. The summed E-state index contributed by atoms with van der Waals surface area (Å²) >= 11 is 0. The van der Waals surface area contributed by atoms with Gasteiger partial charge in [-0.2, -0.15) is 0 Å². The van der Waals surface area contributed by atoms with Gasteiger partial charge in [0.2, 0.25) is 0 Å². The standard InChI is InChI=1S/2C21H22N2O2.Zn/c2*1-21(2,19-22-17(13-24-19)15-9-5-3-6-10-15)20-23-18(14-25-20)16-11-7-4-8-12-16;/h2*3-12,17-18H,13-14H2,1-2H3;/q;;+2. The smallest absolute Gasteiger partial charge is 0.478 e. The number of benzene rings is 4. The molecule has 4 atom stereocenters. The van der Waals surface area contributed by atoms with Crippen molar-refractivity contribution < 1.29 is 38.4 Å². The maximum atomic E-state index is 5.93. The topological polar surface area (TPSA) is 86.4 Å². The molecule has 0 aromatic heterocycles. The third kappa shape index (κ3) is 7.99. The van der Waals surface area contributed by atoms with Crippen molar-refractivity contribution in [3.8, 4) is 0 Å². The Hall–Kier alpha value is -4.62. The minimum Gasteiger partial charge on any atom is -0.478 e. The maximum Gasteiger partial charge on any atom is 2.00 e. The molecule has 256 valence electrons. The van der Waals surface area contributed by atoms with Crippen molar-refractivity contribution in [3.05, 3.63) is 144 Å². The maximum absolute atomic E-state index is 5.93. The Morgan fingerprint density at radius 1 is 0.373 bits per heavy atom. The molecule has 0 spiro atoms. The molecule has 4 aliphatic rings. The van der Waals surface area contributed by atoms with Crippen molar-refractivity contribution in [2.45, 2.75) is 51.9 Å². The zero-order valence-corrected chi connectivity index (χ0v) is 32.8. The normalized spacial score (nSPS) is 22.4. The molecule has 0 amide bonds. The van der Waals surface area contributed by atoms with Gasteiger partial charge in [-0.25, -0.2) is 20.0 Å². The van der Waals surface area contributed by atoms with Gasteiger partial charge in [0, 0.05) is 0 Å². The predicted octanol–water partition coefficient (Wildman–Crippen LogP) is 8.70. The van der Waals surface area contributed by atoms with Crippen LogP contribution in [0.25, 0.3) is 0 Å². The van der Waals surface area contributed by atoms with Gasteiger partial charge in [-0.05, 0) is 49.9 Å². The van der Waals surface area contributed by atoms with Crippen LogP contribution in [0.3, 0.4) is 0 Å². The van der Waals surface area contributed by atoms with E-state index >= 15 is 0 Å². The molecule has 4 aromatic carbocycles. The molecule has 0 N–H and O–H groups in total. The van der Waals surface area contributed by atoms with E-state index in [4.69, 9.17) is 38.9 Å². The SMILES string of the molecule is CC(C)(C1=NC(c2ccccc2)CO1)C1=NC(c2ccccc2)CO1.CC(C)(C1=NC(c2ccccc2)CO1)C1=NC(c2ccccc2)CO1.[Zn+2]. The first-order valence-corrected chi connectivity index (χ1v) is 17.3. The first-order valence-electron chi connectivity index (χ1n) is 17.3. The Morgan fingerprint density at radius 2 is 0.569 bits per heavy atom. The molecule has 4 heterocycles. The number of nitrogens with zero attached hydrogens (tertiary/aromatic N) is 4. The number of aliphatic imine (C=N–C) groups is 4. The molecular formula is C42H44N4O4Zn+2. The summed E-state index contributed by atoms with van der Waals surface area (Å²) in [5, 5.41) is 0. The van der Waals surface area contributed by atoms with Crippen LogP contribution in [0.1, 0.15) is 74.1 Å². The molecular weight excluding hydrogens is 690 g/mol. The first kappa shape index (κ1) is 36.2. The Labute approximate surface area is 313 Å². The molecule has 8 nitrogen and oxygen atoms in total. The monoisotopic (exact) mass is 732 g/mol. The zero-order chi connectivity index (χ0) is 34.6. The fraction of sp³-hybridized carbons (Fsp3) is 0.333. The van der Waals surface area contributed by atoms with Gasteiger partial charge in [0.15, 0.2) is 23.6 Å². The second-order valence-electron chi connectivity index (χ2n) is 13.9. The third-order valence-corrected chi connectivity index (χ3v) is 9.48. The van der Waals surface area contributed by atoms with Crippen molar-refractivity contribution in [1.29, 1.82) is 0 Å². The van der Waals surface area contributed by atoms with Crippen LogP contribution in [-0.4, -0.2) is 50.0 Å². The Kier molecular flexibility index (Phi) is 11.2. The van der Waals surface area contributed by atoms with Crippen molar-refractivity contribution in [1.82, 2.24) is 0 Å². The second-order valence-corrected chi connectivity index (χ2v) is 13.9. The molecule has 8 rings (SSSR count). The zero-order valence-electron chi connectivity index (χ0n) is 29.8.